The predicted molar refractivity (Wildman–Crippen MR) is 75.8 cm³/mol. The van der Waals surface area contributed by atoms with Gasteiger partial charge in [0.2, 0.25) is 0 Å². The van der Waals surface area contributed by atoms with Crippen LogP contribution in [0.15, 0.2) is 28.9 Å². The van der Waals surface area contributed by atoms with Crippen LogP contribution in [0.1, 0.15) is 6.42 Å². The SMILES string of the molecule is COCCCOc1c(N)cnc2ccc(Br)cc12. The number of fused-ring (bicyclic) bond motifs is 1. The molecule has 0 aliphatic carbocycles. The Kier molecular flexibility index (Phi) is 4.38. The van der Waals surface area contributed by atoms with Crippen LogP contribution in [0.25, 0.3) is 10.9 Å². The second kappa shape index (κ2) is 6.02. The summed E-state index contributed by atoms with van der Waals surface area (Å²) in [6.07, 6.45) is 2.45. The molecule has 0 amide bonds. The molecule has 0 spiro atoms. The Bertz CT molecular complexity index is 540. The number of nitrogens with two attached hydrogens (primary N) is 1. The molecule has 2 aromatic rings. The van der Waals surface area contributed by atoms with Crippen molar-refractivity contribution in [3.63, 3.8) is 0 Å². The van der Waals surface area contributed by atoms with E-state index in [9.17, 15) is 0 Å². The molecule has 2 N–H and O–H groups in total. The summed E-state index contributed by atoms with van der Waals surface area (Å²) in [6.45, 7) is 1.25. The van der Waals surface area contributed by atoms with Gasteiger partial charge in [-0.25, -0.2) is 0 Å². The highest BCUT2D eigenvalue weighted by atomic mass is 79.9. The van der Waals surface area contributed by atoms with E-state index in [4.69, 9.17) is 15.2 Å². The normalized spacial score (nSPS) is 10.8. The lowest BCUT2D eigenvalue weighted by Gasteiger charge is -2.11. The lowest BCUT2D eigenvalue weighted by molar-refractivity contribution is 0.173. The summed E-state index contributed by atoms with van der Waals surface area (Å²) >= 11 is 3.44. The van der Waals surface area contributed by atoms with Crippen LogP contribution >= 0.6 is 15.9 Å². The summed E-state index contributed by atoms with van der Waals surface area (Å²) in [4.78, 5) is 4.28. The first-order valence-corrected chi connectivity index (χ1v) is 6.47. The van der Waals surface area contributed by atoms with Crippen LogP contribution < -0.4 is 10.5 Å². The molecule has 0 aliphatic heterocycles. The number of hydrogen-bond donors (Lipinski definition) is 1. The van der Waals surface area contributed by atoms with E-state index in [2.05, 4.69) is 20.9 Å². The molecule has 1 heterocycles. The zero-order chi connectivity index (χ0) is 13.0. The van der Waals surface area contributed by atoms with E-state index in [0.29, 0.717) is 24.7 Å². The molecule has 4 nitrogen and oxygen atoms in total. The number of hydrogen-bond acceptors (Lipinski definition) is 4. The first-order valence-electron chi connectivity index (χ1n) is 5.68. The number of benzene rings is 1. The average molecular weight is 311 g/mol. The molecule has 0 aliphatic rings. The number of nitrogens with zero attached hydrogens (tertiary/aromatic N) is 1. The topological polar surface area (TPSA) is 57.4 Å². The van der Waals surface area contributed by atoms with E-state index >= 15 is 0 Å². The fourth-order valence-electron chi connectivity index (χ4n) is 1.69. The highest BCUT2D eigenvalue weighted by Crippen LogP contribution is 2.32. The zero-order valence-electron chi connectivity index (χ0n) is 10.1. The molecule has 0 saturated heterocycles. The molecule has 0 bridgehead atoms. The molecule has 0 radical (unpaired) electrons. The van der Waals surface area contributed by atoms with Crippen molar-refractivity contribution in [1.82, 2.24) is 4.98 Å². The number of pyridine rings is 1. The van der Waals surface area contributed by atoms with Crippen LogP contribution in [-0.2, 0) is 4.74 Å². The Morgan fingerprint density at radius 3 is 2.94 bits per heavy atom. The van der Waals surface area contributed by atoms with Gasteiger partial charge in [0.1, 0.15) is 0 Å². The molecule has 1 aromatic heterocycles. The van der Waals surface area contributed by atoms with Crippen molar-refractivity contribution in [3.8, 4) is 5.75 Å². The van der Waals surface area contributed by atoms with Crippen molar-refractivity contribution in [2.45, 2.75) is 6.42 Å². The van der Waals surface area contributed by atoms with E-state index in [1.807, 2.05) is 18.2 Å². The third-order valence-electron chi connectivity index (χ3n) is 2.55. The smallest absolute Gasteiger partial charge is 0.153 e. The number of nitrogen functional groups attached to an aromatic ring is 1. The molecule has 0 atom stereocenters. The van der Waals surface area contributed by atoms with Crippen molar-refractivity contribution in [2.24, 2.45) is 0 Å². The lowest BCUT2D eigenvalue weighted by Crippen LogP contribution is -2.04. The van der Waals surface area contributed by atoms with Gasteiger partial charge in [0, 0.05) is 30.0 Å². The van der Waals surface area contributed by atoms with E-state index < -0.39 is 0 Å². The van der Waals surface area contributed by atoms with Gasteiger partial charge in [-0.15, -0.1) is 0 Å². The van der Waals surface area contributed by atoms with Crippen LogP contribution in [0, 0.1) is 0 Å². The predicted octanol–water partition coefficient (Wildman–Crippen LogP) is 2.99. The number of rotatable bonds is 5. The minimum atomic E-state index is 0.554. The lowest BCUT2D eigenvalue weighted by atomic mass is 10.2. The Hall–Kier alpha value is -1.33. The maximum atomic E-state index is 5.92. The first kappa shape index (κ1) is 13.1. The molecule has 96 valence electrons. The fourth-order valence-corrected chi connectivity index (χ4v) is 2.06. The Labute approximate surface area is 114 Å². The highest BCUT2D eigenvalue weighted by molar-refractivity contribution is 9.10. The summed E-state index contributed by atoms with van der Waals surface area (Å²) in [5.74, 6) is 0.692. The molecular formula is C13H15BrN2O2. The second-order valence-corrected chi connectivity index (χ2v) is 4.81. The van der Waals surface area contributed by atoms with Crippen LogP contribution in [0.5, 0.6) is 5.75 Å². The van der Waals surface area contributed by atoms with Crippen molar-refractivity contribution in [3.05, 3.63) is 28.9 Å². The van der Waals surface area contributed by atoms with Gasteiger partial charge in [0.15, 0.2) is 5.75 Å². The van der Waals surface area contributed by atoms with Gasteiger partial charge >= 0.3 is 0 Å². The van der Waals surface area contributed by atoms with E-state index in [0.717, 1.165) is 21.8 Å². The van der Waals surface area contributed by atoms with Crippen LogP contribution in [0.3, 0.4) is 0 Å². The van der Waals surface area contributed by atoms with E-state index in [1.54, 1.807) is 13.3 Å². The monoisotopic (exact) mass is 310 g/mol. The summed E-state index contributed by atoms with van der Waals surface area (Å²) in [6, 6.07) is 5.84. The van der Waals surface area contributed by atoms with E-state index in [-0.39, 0.29) is 0 Å². The van der Waals surface area contributed by atoms with Gasteiger partial charge in [-0.3, -0.25) is 4.98 Å². The van der Waals surface area contributed by atoms with Crippen LogP contribution in [-0.4, -0.2) is 25.3 Å². The number of anilines is 1. The average Bonchev–Trinajstić information content (AvgIpc) is 2.36. The third-order valence-corrected chi connectivity index (χ3v) is 3.04. The zero-order valence-corrected chi connectivity index (χ0v) is 11.7. The molecule has 0 unspecified atom stereocenters. The molecule has 2 rings (SSSR count). The van der Waals surface area contributed by atoms with Gasteiger partial charge in [0.05, 0.1) is 24.0 Å². The second-order valence-electron chi connectivity index (χ2n) is 3.90. The van der Waals surface area contributed by atoms with Gasteiger partial charge in [-0.1, -0.05) is 15.9 Å². The quantitative estimate of drug-likeness (QED) is 0.863. The number of methoxy groups -OCH3 is 1. The van der Waals surface area contributed by atoms with Crippen LogP contribution in [0.2, 0.25) is 0 Å². The maximum absolute atomic E-state index is 5.92. The fraction of sp³-hybridized carbons (Fsp3) is 0.308. The van der Waals surface area contributed by atoms with Crippen molar-refractivity contribution >= 4 is 32.5 Å². The Balaban J connectivity index is 2.29. The van der Waals surface area contributed by atoms with Gasteiger partial charge in [-0.2, -0.15) is 0 Å². The minimum Gasteiger partial charge on any atom is -0.491 e. The summed E-state index contributed by atoms with van der Waals surface area (Å²) in [5, 5.41) is 0.918. The van der Waals surface area contributed by atoms with Crippen molar-refractivity contribution in [2.75, 3.05) is 26.1 Å². The van der Waals surface area contributed by atoms with Gasteiger partial charge in [-0.05, 0) is 18.2 Å². The molecule has 0 fully saturated rings. The Morgan fingerprint density at radius 1 is 1.33 bits per heavy atom. The summed E-state index contributed by atoms with van der Waals surface area (Å²) in [5.41, 5.74) is 7.34. The standard InChI is InChI=1S/C13H15BrN2O2/c1-17-5-2-6-18-13-10-7-9(14)3-4-12(10)16-8-11(13)15/h3-4,7-8H,2,5-6,15H2,1H3. The number of halogens is 1. The Morgan fingerprint density at radius 2 is 2.17 bits per heavy atom. The molecule has 18 heavy (non-hydrogen) atoms. The van der Waals surface area contributed by atoms with Crippen molar-refractivity contribution in [1.29, 1.82) is 0 Å². The van der Waals surface area contributed by atoms with E-state index in [1.165, 1.54) is 0 Å². The highest BCUT2D eigenvalue weighted by Gasteiger charge is 2.08. The van der Waals surface area contributed by atoms with Gasteiger partial charge < -0.3 is 15.2 Å². The summed E-state index contributed by atoms with van der Waals surface area (Å²) < 4.78 is 11.7. The van der Waals surface area contributed by atoms with Crippen molar-refractivity contribution < 1.29 is 9.47 Å². The summed E-state index contributed by atoms with van der Waals surface area (Å²) in [7, 11) is 1.67. The minimum absolute atomic E-state index is 0.554. The molecular weight excluding hydrogens is 296 g/mol. The first-order chi connectivity index (χ1) is 8.72. The number of aromatic nitrogens is 1. The van der Waals surface area contributed by atoms with Gasteiger partial charge in [0.25, 0.3) is 0 Å². The number of ether oxygens (including phenoxy) is 2. The maximum Gasteiger partial charge on any atom is 0.153 e. The van der Waals surface area contributed by atoms with Crippen LogP contribution in [0.4, 0.5) is 5.69 Å². The third kappa shape index (κ3) is 2.91. The molecule has 0 saturated carbocycles. The largest absolute Gasteiger partial charge is 0.491 e. The molecule has 1 aromatic carbocycles. The molecule has 5 heteroatoms.